The largest absolute Gasteiger partial charge is 0.379 e. The van der Waals surface area contributed by atoms with Gasteiger partial charge in [0.25, 0.3) is 11.8 Å². The molecular formula is C25H32N4O3. The third-order valence-corrected chi connectivity index (χ3v) is 5.58. The number of hydrazone groups is 1. The quantitative estimate of drug-likeness (QED) is 0.341. The molecule has 32 heavy (non-hydrogen) atoms. The van der Waals surface area contributed by atoms with Gasteiger partial charge in [0.15, 0.2) is 0 Å². The van der Waals surface area contributed by atoms with Gasteiger partial charge in [-0.2, -0.15) is 5.10 Å². The van der Waals surface area contributed by atoms with E-state index in [2.05, 4.69) is 20.7 Å². The molecule has 0 saturated carbocycles. The molecular weight excluding hydrogens is 404 g/mol. The number of carbonyl (C=O) groups excluding carboxylic acids is 2. The molecule has 170 valence electrons. The van der Waals surface area contributed by atoms with Crippen molar-refractivity contribution in [2.75, 3.05) is 32.8 Å². The first-order valence-corrected chi connectivity index (χ1v) is 11.2. The second kappa shape index (κ2) is 12.7. The molecule has 1 fully saturated rings. The zero-order valence-electron chi connectivity index (χ0n) is 18.6. The van der Waals surface area contributed by atoms with Crippen LogP contribution in [0.4, 0.5) is 0 Å². The average Bonchev–Trinajstić information content (AvgIpc) is 2.83. The molecule has 1 unspecified atom stereocenters. The molecule has 1 saturated heterocycles. The van der Waals surface area contributed by atoms with Gasteiger partial charge in [-0.05, 0) is 49.4 Å². The van der Waals surface area contributed by atoms with Crippen LogP contribution in [0, 0.1) is 6.92 Å². The van der Waals surface area contributed by atoms with Crippen LogP contribution in [0.2, 0.25) is 0 Å². The van der Waals surface area contributed by atoms with Gasteiger partial charge in [-0.1, -0.05) is 42.5 Å². The predicted molar refractivity (Wildman–Crippen MR) is 126 cm³/mol. The highest BCUT2D eigenvalue weighted by Crippen LogP contribution is 2.12. The Morgan fingerprint density at radius 3 is 2.53 bits per heavy atom. The number of morpholine rings is 1. The molecule has 1 atom stereocenters. The van der Waals surface area contributed by atoms with E-state index >= 15 is 0 Å². The monoisotopic (exact) mass is 436 g/mol. The van der Waals surface area contributed by atoms with Gasteiger partial charge in [-0.25, -0.2) is 5.43 Å². The first-order valence-electron chi connectivity index (χ1n) is 11.2. The van der Waals surface area contributed by atoms with Gasteiger partial charge in [0.1, 0.15) is 0 Å². The van der Waals surface area contributed by atoms with Crippen LogP contribution in [0.1, 0.15) is 40.7 Å². The number of amides is 2. The summed E-state index contributed by atoms with van der Waals surface area (Å²) in [6.45, 7) is 5.30. The third kappa shape index (κ3) is 7.28. The van der Waals surface area contributed by atoms with Crippen LogP contribution in [0.5, 0.6) is 0 Å². The maximum Gasteiger partial charge on any atom is 0.257 e. The van der Waals surface area contributed by atoms with E-state index in [9.17, 15) is 9.59 Å². The molecule has 2 amide bonds. The fraction of sp³-hybridized carbons (Fsp3) is 0.400. The zero-order chi connectivity index (χ0) is 22.6. The lowest BCUT2D eigenvalue weighted by Gasteiger charge is -2.33. The fourth-order valence-corrected chi connectivity index (χ4v) is 3.70. The normalized spacial score (nSPS) is 15.4. The Bertz CT molecular complexity index is 895. The molecule has 0 aromatic heterocycles. The summed E-state index contributed by atoms with van der Waals surface area (Å²) in [4.78, 5) is 27.2. The maximum atomic E-state index is 12.9. The summed E-state index contributed by atoms with van der Waals surface area (Å²) in [5.41, 5.74) is 5.45. The first-order chi connectivity index (χ1) is 15.6. The molecule has 0 spiro atoms. The van der Waals surface area contributed by atoms with Crippen LogP contribution < -0.4 is 10.7 Å². The van der Waals surface area contributed by atoms with Gasteiger partial charge in [0, 0.05) is 25.2 Å². The number of aryl methyl sites for hydroxylation is 1. The van der Waals surface area contributed by atoms with E-state index < -0.39 is 0 Å². The van der Waals surface area contributed by atoms with Crippen molar-refractivity contribution in [2.45, 2.75) is 32.2 Å². The van der Waals surface area contributed by atoms with Gasteiger partial charge in [-0.3, -0.25) is 14.5 Å². The van der Waals surface area contributed by atoms with Crippen LogP contribution >= 0.6 is 0 Å². The number of hydrogen-bond donors (Lipinski definition) is 2. The Hall–Kier alpha value is -3.03. The van der Waals surface area contributed by atoms with Crippen LogP contribution in [-0.2, 0) is 9.53 Å². The van der Waals surface area contributed by atoms with Gasteiger partial charge < -0.3 is 10.1 Å². The van der Waals surface area contributed by atoms with Crippen molar-refractivity contribution in [2.24, 2.45) is 5.10 Å². The summed E-state index contributed by atoms with van der Waals surface area (Å²) >= 11 is 0. The molecule has 2 N–H and O–H groups in total. The molecule has 0 radical (unpaired) electrons. The summed E-state index contributed by atoms with van der Waals surface area (Å²) in [5, 5.41) is 7.12. The highest BCUT2D eigenvalue weighted by atomic mass is 16.5. The Morgan fingerprint density at radius 2 is 1.78 bits per heavy atom. The lowest BCUT2D eigenvalue weighted by Crippen LogP contribution is -2.50. The number of hydrogen-bond acceptors (Lipinski definition) is 5. The molecule has 1 aliphatic rings. The smallest absolute Gasteiger partial charge is 0.257 e. The molecule has 1 aliphatic heterocycles. The van der Waals surface area contributed by atoms with E-state index in [1.165, 1.54) is 0 Å². The van der Waals surface area contributed by atoms with Crippen LogP contribution in [0.25, 0.3) is 0 Å². The van der Waals surface area contributed by atoms with E-state index in [0.29, 0.717) is 31.7 Å². The highest BCUT2D eigenvalue weighted by molar-refractivity contribution is 5.94. The molecule has 2 aromatic rings. The second-order valence-electron chi connectivity index (χ2n) is 7.87. The highest BCUT2D eigenvalue weighted by Gasteiger charge is 2.26. The maximum absolute atomic E-state index is 12.9. The molecule has 7 heteroatoms. The zero-order valence-corrected chi connectivity index (χ0v) is 18.6. The summed E-state index contributed by atoms with van der Waals surface area (Å²) in [6.07, 6.45) is 4.01. The van der Waals surface area contributed by atoms with E-state index in [0.717, 1.165) is 37.1 Å². The third-order valence-electron chi connectivity index (χ3n) is 5.58. The number of benzene rings is 2. The number of nitrogens with zero attached hydrogens (tertiary/aromatic N) is 2. The van der Waals surface area contributed by atoms with Crippen molar-refractivity contribution in [1.82, 2.24) is 15.6 Å². The minimum atomic E-state index is -0.266. The van der Waals surface area contributed by atoms with Gasteiger partial charge in [0.05, 0.1) is 25.5 Å². The van der Waals surface area contributed by atoms with Crippen molar-refractivity contribution in [1.29, 1.82) is 0 Å². The molecule has 1 heterocycles. The number of nitrogens with one attached hydrogen (secondary N) is 2. The molecule has 3 rings (SSSR count). The molecule has 7 nitrogen and oxygen atoms in total. The molecule has 2 aromatic carbocycles. The van der Waals surface area contributed by atoms with Crippen LogP contribution in [0.3, 0.4) is 0 Å². The standard InChI is InChI=1S/C25H32N4O3/c1-20-9-5-6-12-22(20)19-27-28-25(31)23(29-15-17-32-18-16-29)13-7-8-14-26-24(30)21-10-3-2-4-11-21/h2-6,9-12,19,23H,7-8,13-18H2,1H3,(H,26,30)(H,28,31)/b27-19+. The second-order valence-corrected chi connectivity index (χ2v) is 7.87. The minimum Gasteiger partial charge on any atom is -0.379 e. The number of rotatable bonds is 10. The van der Waals surface area contributed by atoms with Gasteiger partial charge in [-0.15, -0.1) is 0 Å². The Labute approximate surface area is 189 Å². The summed E-state index contributed by atoms with van der Waals surface area (Å²) in [6, 6.07) is 16.8. The van der Waals surface area contributed by atoms with Crippen molar-refractivity contribution >= 4 is 18.0 Å². The van der Waals surface area contributed by atoms with E-state index in [-0.39, 0.29) is 17.9 Å². The van der Waals surface area contributed by atoms with Crippen molar-refractivity contribution in [3.63, 3.8) is 0 Å². The number of carbonyl (C=O) groups is 2. The van der Waals surface area contributed by atoms with Gasteiger partial charge >= 0.3 is 0 Å². The lowest BCUT2D eigenvalue weighted by atomic mass is 10.1. The molecule has 0 aliphatic carbocycles. The predicted octanol–water partition coefficient (Wildman–Crippen LogP) is 2.75. The average molecular weight is 437 g/mol. The summed E-state index contributed by atoms with van der Waals surface area (Å²) < 4.78 is 5.44. The van der Waals surface area contributed by atoms with Crippen LogP contribution in [-0.4, -0.2) is 61.8 Å². The summed E-state index contributed by atoms with van der Waals surface area (Å²) in [5.74, 6) is -0.177. The Kier molecular flexibility index (Phi) is 9.40. The molecule has 0 bridgehead atoms. The number of ether oxygens (including phenoxy) is 1. The van der Waals surface area contributed by atoms with Crippen LogP contribution in [0.15, 0.2) is 59.7 Å². The van der Waals surface area contributed by atoms with E-state index in [1.807, 2.05) is 49.4 Å². The minimum absolute atomic E-state index is 0.0707. The van der Waals surface area contributed by atoms with Crippen molar-refractivity contribution < 1.29 is 14.3 Å². The summed E-state index contributed by atoms with van der Waals surface area (Å²) in [7, 11) is 0. The van der Waals surface area contributed by atoms with Crippen molar-refractivity contribution in [3.8, 4) is 0 Å². The Balaban J connectivity index is 1.48. The fourth-order valence-electron chi connectivity index (χ4n) is 3.70. The van der Waals surface area contributed by atoms with Crippen molar-refractivity contribution in [3.05, 3.63) is 71.3 Å². The topological polar surface area (TPSA) is 83.0 Å². The van der Waals surface area contributed by atoms with E-state index in [4.69, 9.17) is 4.74 Å². The first kappa shape index (κ1) is 23.6. The lowest BCUT2D eigenvalue weighted by molar-refractivity contribution is -0.128. The van der Waals surface area contributed by atoms with Gasteiger partial charge in [0.2, 0.25) is 0 Å². The van der Waals surface area contributed by atoms with E-state index in [1.54, 1.807) is 18.3 Å². The number of unbranched alkanes of at least 4 members (excludes halogenated alkanes) is 1. The SMILES string of the molecule is Cc1ccccc1/C=N/NC(=O)C(CCCCNC(=O)c1ccccc1)N1CCOCC1. The Morgan fingerprint density at radius 1 is 1.06 bits per heavy atom.